The van der Waals surface area contributed by atoms with Crippen molar-refractivity contribution >= 4 is 17.2 Å². The third kappa shape index (κ3) is 3.17. The summed E-state index contributed by atoms with van der Waals surface area (Å²) in [5.74, 6) is 1.58. The molecule has 0 bridgehead atoms. The molecule has 3 aromatic heterocycles. The van der Waals surface area contributed by atoms with Gasteiger partial charge in [-0.1, -0.05) is 6.07 Å². The van der Waals surface area contributed by atoms with E-state index in [1.165, 1.54) is 6.42 Å². The van der Waals surface area contributed by atoms with E-state index >= 15 is 0 Å². The topological polar surface area (TPSA) is 75.4 Å². The first-order valence-corrected chi connectivity index (χ1v) is 8.59. The van der Waals surface area contributed by atoms with Crippen LogP contribution in [0.5, 0.6) is 0 Å². The number of aromatic nitrogens is 4. The lowest BCUT2D eigenvalue weighted by Gasteiger charge is -2.26. The highest BCUT2D eigenvalue weighted by molar-refractivity contribution is 6.00. The van der Waals surface area contributed by atoms with E-state index in [-0.39, 0.29) is 5.91 Å². The average molecular weight is 336 g/mol. The number of nitrogens with one attached hydrogen (secondary N) is 1. The minimum absolute atomic E-state index is 0.0678. The molecule has 1 saturated heterocycles. The monoisotopic (exact) mass is 336 g/mol. The molecule has 0 radical (unpaired) electrons. The molecule has 0 aliphatic carbocycles. The maximum absolute atomic E-state index is 12.8. The fraction of sp³-hybridized carbons (Fsp3) is 0.333. The van der Waals surface area contributed by atoms with Crippen LogP contribution in [0.2, 0.25) is 0 Å². The van der Waals surface area contributed by atoms with E-state index < -0.39 is 0 Å². The normalized spacial score (nSPS) is 14.6. The number of hydrogen-bond donors (Lipinski definition) is 1. The number of pyridine rings is 1. The van der Waals surface area contributed by atoms with Crippen LogP contribution in [0.4, 0.5) is 5.82 Å². The predicted octanol–water partition coefficient (Wildman–Crippen LogP) is 2.36. The van der Waals surface area contributed by atoms with Crippen molar-refractivity contribution in [1.82, 2.24) is 24.5 Å². The molecule has 1 fully saturated rings. The second kappa shape index (κ2) is 6.88. The zero-order valence-electron chi connectivity index (χ0n) is 13.9. The van der Waals surface area contributed by atoms with Gasteiger partial charge in [-0.25, -0.2) is 14.5 Å². The third-order valence-electron chi connectivity index (χ3n) is 4.46. The summed E-state index contributed by atoms with van der Waals surface area (Å²) < 4.78 is 1.76. The molecule has 1 N–H and O–H groups in total. The lowest BCUT2D eigenvalue weighted by molar-refractivity contribution is 0.0726. The second-order valence-electron chi connectivity index (χ2n) is 6.14. The molecule has 7 nitrogen and oxygen atoms in total. The standard InChI is InChI=1S/C18H20N6O/c25-18(23-10-2-1-3-11-23)14-12-22-24-15(14)6-4-7-17(24)21-13-16-19-8-5-9-20-16/h4-9,12,21H,1-3,10-11,13H2. The van der Waals surface area contributed by atoms with Gasteiger partial charge in [0.05, 0.1) is 23.8 Å². The number of rotatable bonds is 4. The van der Waals surface area contributed by atoms with E-state index in [2.05, 4.69) is 20.4 Å². The van der Waals surface area contributed by atoms with E-state index in [9.17, 15) is 4.79 Å². The zero-order chi connectivity index (χ0) is 17.1. The van der Waals surface area contributed by atoms with Gasteiger partial charge < -0.3 is 10.2 Å². The van der Waals surface area contributed by atoms with Gasteiger partial charge in [-0.2, -0.15) is 5.10 Å². The summed E-state index contributed by atoms with van der Waals surface area (Å²) in [5.41, 5.74) is 1.47. The fourth-order valence-electron chi connectivity index (χ4n) is 3.17. The second-order valence-corrected chi connectivity index (χ2v) is 6.14. The van der Waals surface area contributed by atoms with Gasteiger partial charge in [0.2, 0.25) is 0 Å². The average Bonchev–Trinajstić information content (AvgIpc) is 3.12. The SMILES string of the molecule is O=C(c1cnn2c(NCc3ncccn3)cccc12)N1CCCCC1. The molecule has 3 aromatic rings. The van der Waals surface area contributed by atoms with E-state index in [1.807, 2.05) is 23.1 Å². The zero-order valence-corrected chi connectivity index (χ0v) is 13.9. The number of hydrogen-bond acceptors (Lipinski definition) is 5. The van der Waals surface area contributed by atoms with Gasteiger partial charge in [-0.3, -0.25) is 4.79 Å². The molecule has 7 heteroatoms. The Morgan fingerprint density at radius 2 is 1.88 bits per heavy atom. The van der Waals surface area contributed by atoms with E-state index in [4.69, 9.17) is 0 Å². The van der Waals surface area contributed by atoms with Crippen molar-refractivity contribution in [2.24, 2.45) is 0 Å². The van der Waals surface area contributed by atoms with E-state index in [1.54, 1.807) is 29.2 Å². The maximum atomic E-state index is 12.8. The van der Waals surface area contributed by atoms with Crippen LogP contribution in [-0.2, 0) is 6.54 Å². The lowest BCUT2D eigenvalue weighted by atomic mass is 10.1. The molecule has 0 unspecified atom stereocenters. The van der Waals surface area contributed by atoms with Gasteiger partial charge in [0.1, 0.15) is 11.6 Å². The summed E-state index contributed by atoms with van der Waals surface area (Å²) in [6.45, 7) is 2.16. The first-order valence-electron chi connectivity index (χ1n) is 8.59. The molecule has 128 valence electrons. The Hall–Kier alpha value is -2.96. The van der Waals surface area contributed by atoms with Gasteiger partial charge in [0.25, 0.3) is 5.91 Å². The quantitative estimate of drug-likeness (QED) is 0.791. The van der Waals surface area contributed by atoms with Gasteiger partial charge in [0.15, 0.2) is 0 Å². The van der Waals surface area contributed by atoms with Crippen molar-refractivity contribution in [3.05, 3.63) is 54.2 Å². The summed E-state index contributed by atoms with van der Waals surface area (Å²) in [7, 11) is 0. The Morgan fingerprint density at radius 1 is 1.08 bits per heavy atom. The molecule has 4 heterocycles. The van der Waals surface area contributed by atoms with Gasteiger partial charge in [-0.15, -0.1) is 0 Å². The van der Waals surface area contributed by atoms with Crippen LogP contribution in [0, 0.1) is 0 Å². The summed E-state index contributed by atoms with van der Waals surface area (Å²) >= 11 is 0. The van der Waals surface area contributed by atoms with Crippen molar-refractivity contribution in [2.45, 2.75) is 25.8 Å². The smallest absolute Gasteiger partial charge is 0.257 e. The lowest BCUT2D eigenvalue weighted by Crippen LogP contribution is -2.35. The maximum Gasteiger partial charge on any atom is 0.257 e. The Labute approximate surface area is 145 Å². The summed E-state index contributed by atoms with van der Waals surface area (Å²) in [5, 5.41) is 7.70. The molecule has 1 amide bonds. The minimum Gasteiger partial charge on any atom is -0.363 e. The fourth-order valence-corrected chi connectivity index (χ4v) is 3.17. The molecule has 0 aromatic carbocycles. The van der Waals surface area contributed by atoms with E-state index in [0.29, 0.717) is 17.9 Å². The van der Waals surface area contributed by atoms with Gasteiger partial charge in [0, 0.05) is 25.5 Å². The van der Waals surface area contributed by atoms with Crippen LogP contribution in [0.25, 0.3) is 5.52 Å². The van der Waals surface area contributed by atoms with Crippen LogP contribution >= 0.6 is 0 Å². The summed E-state index contributed by atoms with van der Waals surface area (Å²) in [4.78, 5) is 23.1. The van der Waals surface area contributed by atoms with Crippen LogP contribution in [-0.4, -0.2) is 43.5 Å². The highest BCUT2D eigenvalue weighted by atomic mass is 16.2. The van der Waals surface area contributed by atoms with Crippen molar-refractivity contribution in [3.63, 3.8) is 0 Å². The largest absolute Gasteiger partial charge is 0.363 e. The molecular formula is C18H20N6O. The van der Waals surface area contributed by atoms with Crippen LogP contribution in [0.15, 0.2) is 42.9 Å². The number of carbonyl (C=O) groups excluding carboxylic acids is 1. The van der Waals surface area contributed by atoms with Crippen molar-refractivity contribution in [2.75, 3.05) is 18.4 Å². The number of nitrogens with zero attached hydrogens (tertiary/aromatic N) is 5. The molecule has 0 atom stereocenters. The molecule has 1 aliphatic heterocycles. The number of amides is 1. The first-order chi connectivity index (χ1) is 12.3. The summed E-state index contributed by atoms with van der Waals surface area (Å²) in [6, 6.07) is 7.57. The molecule has 1 aliphatic rings. The van der Waals surface area contributed by atoms with Crippen LogP contribution in [0.3, 0.4) is 0 Å². The molecular weight excluding hydrogens is 316 g/mol. The highest BCUT2D eigenvalue weighted by Gasteiger charge is 2.21. The molecule has 0 saturated carbocycles. The third-order valence-corrected chi connectivity index (χ3v) is 4.46. The van der Waals surface area contributed by atoms with Crippen molar-refractivity contribution in [1.29, 1.82) is 0 Å². The molecule has 25 heavy (non-hydrogen) atoms. The molecule has 0 spiro atoms. The summed E-state index contributed by atoms with van der Waals surface area (Å²) in [6.07, 6.45) is 8.45. The van der Waals surface area contributed by atoms with Crippen molar-refractivity contribution in [3.8, 4) is 0 Å². The molecule has 4 rings (SSSR count). The Kier molecular flexibility index (Phi) is 4.28. The number of piperidine rings is 1. The first kappa shape index (κ1) is 15.6. The number of carbonyl (C=O) groups is 1. The number of fused-ring (bicyclic) bond motifs is 1. The highest BCUT2D eigenvalue weighted by Crippen LogP contribution is 2.20. The van der Waals surface area contributed by atoms with E-state index in [0.717, 1.165) is 37.3 Å². The Balaban J connectivity index is 1.58. The predicted molar refractivity (Wildman–Crippen MR) is 94.3 cm³/mol. The Bertz CT molecular complexity index is 870. The number of likely N-dealkylation sites (tertiary alicyclic amines) is 1. The van der Waals surface area contributed by atoms with Crippen LogP contribution in [0.1, 0.15) is 35.4 Å². The number of anilines is 1. The Morgan fingerprint density at radius 3 is 2.68 bits per heavy atom. The van der Waals surface area contributed by atoms with Crippen molar-refractivity contribution < 1.29 is 4.79 Å². The van der Waals surface area contributed by atoms with Gasteiger partial charge >= 0.3 is 0 Å². The van der Waals surface area contributed by atoms with Gasteiger partial charge in [-0.05, 0) is 37.5 Å². The minimum atomic E-state index is 0.0678. The van der Waals surface area contributed by atoms with Crippen LogP contribution < -0.4 is 5.32 Å².